The van der Waals surface area contributed by atoms with E-state index in [1.165, 1.54) is 31.2 Å². The van der Waals surface area contributed by atoms with Gasteiger partial charge in [0.25, 0.3) is 0 Å². The van der Waals surface area contributed by atoms with Gasteiger partial charge in [-0.05, 0) is 0 Å². The number of amides is 1. The van der Waals surface area contributed by atoms with Gasteiger partial charge >= 0.3 is 113 Å². The molecule has 0 bridgehead atoms. The maximum atomic E-state index is 10.6. The third kappa shape index (κ3) is 5.02. The Balaban J connectivity index is 0.00000196. The van der Waals surface area contributed by atoms with Crippen LogP contribution in [0.5, 0.6) is 0 Å². The van der Waals surface area contributed by atoms with Crippen LogP contribution >= 0.6 is 0 Å². The summed E-state index contributed by atoms with van der Waals surface area (Å²) in [6.45, 7) is 1.34. The van der Waals surface area contributed by atoms with E-state index >= 15 is 0 Å². The van der Waals surface area contributed by atoms with Crippen molar-refractivity contribution in [1.82, 2.24) is 0 Å². The number of benzene rings is 1. The van der Waals surface area contributed by atoms with Crippen molar-refractivity contribution in [3.63, 3.8) is 0 Å². The van der Waals surface area contributed by atoms with Gasteiger partial charge in [-0.15, -0.1) is 0 Å². The summed E-state index contributed by atoms with van der Waals surface area (Å²) in [5.74, 6) is -0.254. The Kier molecular flexibility index (Phi) is 5.88. The zero-order valence-electron chi connectivity index (χ0n) is 8.39. The van der Waals surface area contributed by atoms with Gasteiger partial charge in [0.05, 0.1) is 0 Å². The van der Waals surface area contributed by atoms with E-state index in [9.17, 15) is 16.7 Å². The summed E-state index contributed by atoms with van der Waals surface area (Å²) in [6.07, 6.45) is 0. The van der Waals surface area contributed by atoms with E-state index in [4.69, 9.17) is 0 Å². The van der Waals surface area contributed by atoms with Crippen molar-refractivity contribution in [2.75, 3.05) is 5.32 Å². The molecule has 15 heavy (non-hydrogen) atoms. The molecule has 1 aromatic carbocycles. The van der Waals surface area contributed by atoms with E-state index in [1.807, 2.05) is 0 Å². The van der Waals surface area contributed by atoms with Crippen LogP contribution in [0.25, 0.3) is 0 Å². The van der Waals surface area contributed by atoms with Crippen molar-refractivity contribution >= 4 is 30.1 Å². The first-order valence-corrected chi connectivity index (χ1v) is 7.03. The molecule has 0 saturated carbocycles. The molecule has 0 fully saturated rings. The van der Waals surface area contributed by atoms with Crippen LogP contribution in [0.15, 0.2) is 24.3 Å². The third-order valence-electron chi connectivity index (χ3n) is 1.50. The summed E-state index contributed by atoms with van der Waals surface area (Å²) in [4.78, 5) is 10.6. The molecule has 76 valence electrons. The average molecular weight is 280 g/mol. The zero-order valence-corrected chi connectivity index (χ0v) is 12.3. The zero-order chi connectivity index (χ0) is 10.8. The van der Waals surface area contributed by atoms with Crippen LogP contribution in [0.4, 0.5) is 5.69 Å². The Morgan fingerprint density at radius 2 is 1.73 bits per heavy atom. The second-order valence-corrected chi connectivity index (χ2v) is 5.90. The molecule has 0 saturated heterocycles. The number of hydrogen-bond donors (Lipinski definition) is 1. The maximum Gasteiger partial charge on any atom is 1.00 e. The second-order valence-electron chi connectivity index (χ2n) is 2.73. The van der Waals surface area contributed by atoms with Gasteiger partial charge < -0.3 is 0 Å². The number of carbonyl (C=O) groups is 1. The van der Waals surface area contributed by atoms with Crippen molar-refractivity contribution in [1.29, 1.82) is 0 Å². The summed E-state index contributed by atoms with van der Waals surface area (Å²) in [5.41, 5.74) is 0.463. The quantitative estimate of drug-likeness (QED) is 0.549. The van der Waals surface area contributed by atoms with Crippen molar-refractivity contribution < 1.29 is 46.3 Å². The van der Waals surface area contributed by atoms with Crippen molar-refractivity contribution in [2.45, 2.75) is 6.92 Å². The predicted octanol–water partition coefficient (Wildman–Crippen LogP) is -5.05. The van der Waals surface area contributed by atoms with Gasteiger partial charge in [0.15, 0.2) is 0 Å². The van der Waals surface area contributed by atoms with Crippen LogP contribution in [-0.2, 0) is 8.53 Å². The van der Waals surface area contributed by atoms with Gasteiger partial charge in [0.2, 0.25) is 0 Å². The van der Waals surface area contributed by atoms with E-state index in [-0.39, 0.29) is 39.8 Å². The SMILES string of the molecule is CC(=O)Nc1ccc([As](=O)([O-])[O-])cc1.[Na+]. The topological polar surface area (TPSA) is 92.3 Å². The van der Waals surface area contributed by atoms with Gasteiger partial charge in [-0.1, -0.05) is 0 Å². The Morgan fingerprint density at radius 3 is 2.07 bits per heavy atom. The molecule has 1 aromatic rings. The predicted molar refractivity (Wildman–Crippen MR) is 46.8 cm³/mol. The molecule has 0 aliphatic heterocycles. The van der Waals surface area contributed by atoms with Gasteiger partial charge in [-0.3, -0.25) is 0 Å². The van der Waals surface area contributed by atoms with E-state index in [1.54, 1.807) is 0 Å². The summed E-state index contributed by atoms with van der Waals surface area (Å²) < 4.78 is 31.6. The number of hydrogen-bond acceptors (Lipinski definition) is 4. The van der Waals surface area contributed by atoms with Crippen molar-refractivity contribution in [3.05, 3.63) is 24.3 Å². The Bertz CT molecular complexity index is 386. The fourth-order valence-electron chi connectivity index (χ4n) is 0.931. The summed E-state index contributed by atoms with van der Waals surface area (Å²) >= 11 is -5.28. The fourth-order valence-corrected chi connectivity index (χ4v) is 2.01. The molecule has 0 atom stereocenters. The fraction of sp³-hybridized carbons (Fsp3) is 0.125. The normalized spacial score (nSPS) is 10.3. The van der Waals surface area contributed by atoms with E-state index < -0.39 is 14.2 Å². The van der Waals surface area contributed by atoms with Gasteiger partial charge in [-0.2, -0.15) is 0 Å². The van der Waals surface area contributed by atoms with Gasteiger partial charge in [0.1, 0.15) is 0 Å². The average Bonchev–Trinajstić information content (AvgIpc) is 2.02. The summed E-state index contributed by atoms with van der Waals surface area (Å²) in [5, 5.41) is 2.46. The van der Waals surface area contributed by atoms with Crippen LogP contribution in [0.2, 0.25) is 0 Å². The molecule has 5 nitrogen and oxygen atoms in total. The molecule has 0 heterocycles. The number of anilines is 1. The minimum Gasteiger partial charge on any atom is 1.00 e. The largest absolute Gasteiger partial charge is 1.00 e. The second kappa shape index (κ2) is 5.89. The van der Waals surface area contributed by atoms with Crippen LogP contribution in [-0.4, -0.2) is 20.1 Å². The van der Waals surface area contributed by atoms with Gasteiger partial charge in [0, 0.05) is 0 Å². The van der Waals surface area contributed by atoms with Crippen molar-refractivity contribution in [2.24, 2.45) is 0 Å². The summed E-state index contributed by atoms with van der Waals surface area (Å²) in [6, 6.07) is 5.12. The summed E-state index contributed by atoms with van der Waals surface area (Å²) in [7, 11) is 0. The minimum atomic E-state index is -5.28. The Morgan fingerprint density at radius 1 is 1.27 bits per heavy atom. The number of carbonyl (C=O) groups excluding carboxylic acids is 1. The molecule has 7 heteroatoms. The van der Waals surface area contributed by atoms with E-state index in [0.29, 0.717) is 5.69 Å². The van der Waals surface area contributed by atoms with Crippen LogP contribution in [0.3, 0.4) is 0 Å². The Hall–Kier alpha value is -0.0316. The molecule has 0 aromatic heterocycles. The van der Waals surface area contributed by atoms with Crippen LogP contribution < -0.4 is 47.4 Å². The standard InChI is InChI=1S/C8H10AsNO4.Na/c1-6(11)10-8-4-2-7(3-5-8)9(12,13)14;/h2-5H,1H3,(H,10,11)(H2,12,13,14);/q;+1/p-2. The third-order valence-corrected chi connectivity index (χ3v) is 3.46. The molecule has 0 radical (unpaired) electrons. The molecule has 1 rings (SSSR count). The molecule has 1 N–H and O–H groups in total. The first kappa shape index (κ1) is 15.0. The van der Waals surface area contributed by atoms with Crippen LogP contribution in [0, 0.1) is 0 Å². The first-order chi connectivity index (χ1) is 6.39. The maximum absolute atomic E-state index is 10.6. The molecule has 0 aliphatic rings. The Labute approximate surface area is 112 Å². The smallest absolute Gasteiger partial charge is 1.00 e. The minimum absolute atomic E-state index is 0. The first-order valence-electron chi connectivity index (χ1n) is 3.80. The molecular formula is C8H8AsNNaO4-. The molecule has 0 unspecified atom stereocenters. The molecule has 0 aliphatic carbocycles. The van der Waals surface area contributed by atoms with E-state index in [2.05, 4.69) is 5.32 Å². The monoisotopic (exact) mass is 280 g/mol. The number of nitrogens with one attached hydrogen (secondary N) is 1. The molecular weight excluding hydrogens is 272 g/mol. The van der Waals surface area contributed by atoms with Crippen molar-refractivity contribution in [3.8, 4) is 0 Å². The number of rotatable bonds is 2. The van der Waals surface area contributed by atoms with Gasteiger partial charge in [-0.25, -0.2) is 0 Å². The van der Waals surface area contributed by atoms with E-state index in [0.717, 1.165) is 0 Å². The molecule has 1 amide bonds. The van der Waals surface area contributed by atoms with Crippen LogP contribution in [0.1, 0.15) is 6.92 Å². The molecule has 0 spiro atoms.